The van der Waals surface area contributed by atoms with Gasteiger partial charge in [-0.15, -0.1) is 0 Å². The Morgan fingerprint density at radius 3 is 1.36 bits per heavy atom. The molecule has 5 rings (SSSR count). The summed E-state index contributed by atoms with van der Waals surface area (Å²) in [5.41, 5.74) is 21.7. The number of esters is 3. The van der Waals surface area contributed by atoms with Crippen LogP contribution in [-0.4, -0.2) is 159 Å². The second-order valence-electron chi connectivity index (χ2n) is 19.3. The highest BCUT2D eigenvalue weighted by Gasteiger charge is 2.35. The first-order chi connectivity index (χ1) is 36.3. The molecule has 75 heavy (non-hydrogen) atoms. The fraction of sp³-hybridized carbons (Fsp3) is 0.500. The van der Waals surface area contributed by atoms with Crippen LogP contribution >= 0.6 is 0 Å². The largest absolute Gasteiger partial charge is 0.463 e. The molecular formula is C58H85N7O10. The lowest BCUT2D eigenvalue weighted by Crippen LogP contribution is -2.56. The van der Waals surface area contributed by atoms with E-state index in [1.807, 2.05) is 149 Å². The average molecular weight is 1040 g/mol. The van der Waals surface area contributed by atoms with Crippen LogP contribution in [0.1, 0.15) is 75.6 Å². The number of benzene rings is 4. The van der Waals surface area contributed by atoms with Crippen LogP contribution < -0.4 is 17.2 Å². The van der Waals surface area contributed by atoms with Crippen molar-refractivity contribution in [3.05, 3.63) is 144 Å². The first-order valence-electron chi connectivity index (χ1n) is 26.0. The summed E-state index contributed by atoms with van der Waals surface area (Å²) in [4.78, 5) is 68.6. The molecule has 1 saturated heterocycles. The van der Waals surface area contributed by atoms with Crippen molar-refractivity contribution < 1.29 is 47.7 Å². The summed E-state index contributed by atoms with van der Waals surface area (Å²) in [5.74, 6) is -1.27. The van der Waals surface area contributed by atoms with Gasteiger partial charge in [-0.05, 0) is 88.8 Å². The van der Waals surface area contributed by atoms with Crippen molar-refractivity contribution in [2.45, 2.75) is 110 Å². The van der Waals surface area contributed by atoms with E-state index in [9.17, 15) is 19.2 Å². The highest BCUT2D eigenvalue weighted by molar-refractivity contribution is 5.83. The van der Waals surface area contributed by atoms with Gasteiger partial charge in [-0.3, -0.25) is 38.8 Å². The molecule has 412 valence electrons. The second-order valence-corrected chi connectivity index (χ2v) is 19.3. The number of nitrogens with zero attached hydrogens (tertiary/aromatic N) is 4. The standard InChI is InChI=1S/C49H75N7O7.C8H8O2.CH2O/c1-39(20-23-50)53-26-30-55(44(22-25-52)47(58)61-36-41-16-10-6-11-17-41)32-28-54(43(21-24-51)38-60-35-40-14-8-5-9-15-40)29-33-56(31-27-53)45(34-46(57)63-49(2,3)4)48(59)62-37-42-18-12-7-13-19-42;9-7-10-6-8-4-2-1-3-5-8;1-2/h5-19,39,43-45H,20-38,50-52H2,1-4H3;1-5,7H,6H2;1H2. The van der Waals surface area contributed by atoms with Crippen LogP contribution in [0, 0.1) is 0 Å². The molecular weight excluding hydrogens is 955 g/mol. The predicted molar refractivity (Wildman–Crippen MR) is 292 cm³/mol. The SMILES string of the molecule is C=O.CC(CCN)N1CCN(C(CCN)C(=O)OCc2ccccc2)CCN(C(CCN)COCc2ccccc2)CCN(C(CC(=O)OC(C)(C)C)C(=O)OCc2ccccc2)CC1.O=COCc1ccccc1. The first-order valence-corrected chi connectivity index (χ1v) is 26.0. The molecule has 0 spiro atoms. The van der Waals surface area contributed by atoms with Gasteiger partial charge in [0.2, 0.25) is 0 Å². The summed E-state index contributed by atoms with van der Waals surface area (Å²) in [6.07, 6.45) is 1.67. The van der Waals surface area contributed by atoms with Crippen LogP contribution in [0.4, 0.5) is 0 Å². The predicted octanol–water partition coefficient (Wildman–Crippen LogP) is 5.36. The van der Waals surface area contributed by atoms with Crippen molar-refractivity contribution in [3.8, 4) is 0 Å². The average Bonchev–Trinajstić information content (AvgIpc) is 3.41. The van der Waals surface area contributed by atoms with Crippen molar-refractivity contribution in [1.29, 1.82) is 0 Å². The van der Waals surface area contributed by atoms with Crippen molar-refractivity contribution in [1.82, 2.24) is 19.6 Å². The van der Waals surface area contributed by atoms with Crippen LogP contribution in [0.15, 0.2) is 121 Å². The smallest absolute Gasteiger partial charge is 0.324 e. The molecule has 17 heteroatoms. The highest BCUT2D eigenvalue weighted by atomic mass is 16.6. The minimum atomic E-state index is -0.910. The van der Waals surface area contributed by atoms with Gasteiger partial charge in [0.1, 0.15) is 44.3 Å². The zero-order chi connectivity index (χ0) is 54.7. The van der Waals surface area contributed by atoms with E-state index in [2.05, 4.69) is 31.3 Å². The Labute approximate surface area is 445 Å². The number of rotatable bonds is 25. The molecule has 0 aliphatic carbocycles. The van der Waals surface area contributed by atoms with Crippen molar-refractivity contribution in [2.75, 3.05) is 78.6 Å². The van der Waals surface area contributed by atoms with Gasteiger partial charge in [0, 0.05) is 64.4 Å². The van der Waals surface area contributed by atoms with E-state index < -0.39 is 29.6 Å². The molecule has 0 bridgehead atoms. The van der Waals surface area contributed by atoms with Crippen LogP contribution in [0.5, 0.6) is 0 Å². The zero-order valence-electron chi connectivity index (χ0n) is 44.9. The maximum atomic E-state index is 14.3. The fourth-order valence-electron chi connectivity index (χ4n) is 8.64. The molecule has 4 atom stereocenters. The Kier molecular flexibility index (Phi) is 31.2. The molecule has 17 nitrogen and oxygen atoms in total. The molecule has 4 aromatic carbocycles. The Morgan fingerprint density at radius 1 is 0.547 bits per heavy atom. The second kappa shape index (κ2) is 37.0. The van der Waals surface area contributed by atoms with Gasteiger partial charge >= 0.3 is 17.9 Å². The molecule has 1 fully saturated rings. The molecule has 0 amide bonds. The van der Waals surface area contributed by atoms with Gasteiger partial charge < -0.3 is 45.7 Å². The third-order valence-corrected chi connectivity index (χ3v) is 12.6. The maximum Gasteiger partial charge on any atom is 0.324 e. The van der Waals surface area contributed by atoms with Crippen LogP contribution in [0.3, 0.4) is 0 Å². The third-order valence-electron chi connectivity index (χ3n) is 12.6. The van der Waals surface area contributed by atoms with Gasteiger partial charge in [0.15, 0.2) is 0 Å². The number of nitrogens with two attached hydrogens (primary N) is 3. The molecule has 6 N–H and O–H groups in total. The quantitative estimate of drug-likeness (QED) is 0.0432. The van der Waals surface area contributed by atoms with E-state index in [-0.39, 0.29) is 37.7 Å². The van der Waals surface area contributed by atoms with Crippen molar-refractivity contribution >= 4 is 31.2 Å². The van der Waals surface area contributed by atoms with Gasteiger partial charge in [-0.25, -0.2) is 0 Å². The monoisotopic (exact) mass is 1040 g/mol. The van der Waals surface area contributed by atoms with Crippen LogP contribution in [0.2, 0.25) is 0 Å². The van der Waals surface area contributed by atoms with E-state index >= 15 is 0 Å². The summed E-state index contributed by atoms with van der Waals surface area (Å²) < 4.78 is 28.6. The van der Waals surface area contributed by atoms with E-state index in [0.29, 0.717) is 111 Å². The summed E-state index contributed by atoms with van der Waals surface area (Å²) >= 11 is 0. The fourth-order valence-corrected chi connectivity index (χ4v) is 8.64. The maximum absolute atomic E-state index is 14.3. The molecule has 0 radical (unpaired) electrons. The van der Waals surface area contributed by atoms with E-state index in [0.717, 1.165) is 28.7 Å². The summed E-state index contributed by atoms with van der Waals surface area (Å²) in [6.45, 7) is 17.0. The number of carbonyl (C=O) groups excluding carboxylic acids is 5. The molecule has 4 aromatic rings. The minimum Gasteiger partial charge on any atom is -0.463 e. The molecule has 1 aliphatic heterocycles. The number of carbonyl (C=O) groups is 5. The molecule has 1 heterocycles. The molecule has 0 aromatic heterocycles. The summed E-state index contributed by atoms with van der Waals surface area (Å²) in [6, 6.07) is 37.3. The minimum absolute atomic E-state index is 0.0784. The van der Waals surface area contributed by atoms with Gasteiger partial charge in [-0.2, -0.15) is 0 Å². The van der Waals surface area contributed by atoms with Crippen LogP contribution in [0.25, 0.3) is 0 Å². The number of hydrogen-bond donors (Lipinski definition) is 3. The van der Waals surface area contributed by atoms with Gasteiger partial charge in [0.05, 0.1) is 19.6 Å². The van der Waals surface area contributed by atoms with Gasteiger partial charge in [0.25, 0.3) is 6.47 Å². The Morgan fingerprint density at radius 2 is 0.933 bits per heavy atom. The molecule has 0 saturated carbocycles. The lowest BCUT2D eigenvalue weighted by Gasteiger charge is -2.41. The Hall–Kier alpha value is -5.89. The molecule has 1 aliphatic rings. The Balaban J connectivity index is 0.00000109. The zero-order valence-corrected chi connectivity index (χ0v) is 44.9. The lowest BCUT2D eigenvalue weighted by molar-refractivity contribution is -0.163. The topological polar surface area (TPSA) is 223 Å². The van der Waals surface area contributed by atoms with Gasteiger partial charge in [-0.1, -0.05) is 121 Å². The summed E-state index contributed by atoms with van der Waals surface area (Å²) in [7, 11) is 0. The normalized spacial score (nSPS) is 15.8. The molecule has 4 unspecified atom stereocenters. The highest BCUT2D eigenvalue weighted by Crippen LogP contribution is 2.19. The third kappa shape index (κ3) is 25.5. The number of ether oxygens (including phenoxy) is 5. The van der Waals surface area contributed by atoms with Crippen molar-refractivity contribution in [3.63, 3.8) is 0 Å². The Bertz CT molecular complexity index is 2140. The lowest BCUT2D eigenvalue weighted by atomic mass is 10.1. The number of hydrogen-bond acceptors (Lipinski definition) is 17. The van der Waals surface area contributed by atoms with Crippen molar-refractivity contribution in [2.24, 2.45) is 17.2 Å². The first kappa shape index (κ1) is 63.4. The van der Waals surface area contributed by atoms with Crippen LogP contribution in [-0.2, 0) is 74.1 Å². The van der Waals surface area contributed by atoms with E-state index in [1.54, 1.807) is 0 Å². The summed E-state index contributed by atoms with van der Waals surface area (Å²) in [5, 5.41) is 0. The van der Waals surface area contributed by atoms with E-state index in [1.165, 1.54) is 0 Å². The van der Waals surface area contributed by atoms with E-state index in [4.69, 9.17) is 40.9 Å².